The van der Waals surface area contributed by atoms with Gasteiger partial charge in [0.05, 0.1) is 0 Å². The van der Waals surface area contributed by atoms with Gasteiger partial charge in [0, 0.05) is 29.4 Å². The Morgan fingerprint density at radius 2 is 1.69 bits per heavy atom. The first kappa shape index (κ1) is 15.2. The van der Waals surface area contributed by atoms with E-state index in [0.29, 0.717) is 5.92 Å². The summed E-state index contributed by atoms with van der Waals surface area (Å²) in [7, 11) is 0. The molecule has 0 aromatic heterocycles. The lowest BCUT2D eigenvalue weighted by Crippen LogP contribution is -2.36. The average Bonchev–Trinajstić information content (AvgIpc) is 2.07. The molecule has 0 heterocycles. The van der Waals surface area contributed by atoms with Crippen molar-refractivity contribution in [3.63, 3.8) is 0 Å². The lowest BCUT2D eigenvalue weighted by Gasteiger charge is -2.36. The van der Waals surface area contributed by atoms with E-state index in [2.05, 4.69) is 53.5 Å². The Kier molecular flexibility index (Phi) is 5.24. The standard InChI is InChI=1S/C14H28N2/c1-8-11(13(2,3)4)12(14(5,6)7)16-10-9-15/h9-11H,8,15H2,1-7H3/b10-9-,16-12?. The van der Waals surface area contributed by atoms with Crippen LogP contribution in [-0.2, 0) is 0 Å². The fourth-order valence-corrected chi connectivity index (χ4v) is 2.15. The van der Waals surface area contributed by atoms with Crippen molar-refractivity contribution < 1.29 is 0 Å². The smallest absolute Gasteiger partial charge is 0.0422 e. The van der Waals surface area contributed by atoms with Gasteiger partial charge in [0.1, 0.15) is 0 Å². The van der Waals surface area contributed by atoms with Gasteiger partial charge in [0.15, 0.2) is 0 Å². The molecule has 0 aromatic carbocycles. The van der Waals surface area contributed by atoms with Crippen molar-refractivity contribution in [3.8, 4) is 0 Å². The summed E-state index contributed by atoms with van der Waals surface area (Å²) in [6, 6.07) is 0. The van der Waals surface area contributed by atoms with E-state index >= 15 is 0 Å². The normalized spacial score (nSPS) is 16.8. The summed E-state index contributed by atoms with van der Waals surface area (Å²) in [6.45, 7) is 15.7. The fraction of sp³-hybridized carbons (Fsp3) is 0.786. The number of hydrogen-bond donors (Lipinski definition) is 1. The topological polar surface area (TPSA) is 38.4 Å². The first-order chi connectivity index (χ1) is 7.14. The third-order valence-electron chi connectivity index (χ3n) is 2.85. The highest BCUT2D eigenvalue weighted by molar-refractivity contribution is 5.92. The molecule has 1 atom stereocenters. The first-order valence-electron chi connectivity index (χ1n) is 6.09. The third kappa shape index (κ3) is 4.38. The molecule has 0 rings (SSSR count). The van der Waals surface area contributed by atoms with Crippen LogP contribution in [0.5, 0.6) is 0 Å². The van der Waals surface area contributed by atoms with E-state index in [4.69, 9.17) is 5.73 Å². The Morgan fingerprint density at radius 3 is 1.94 bits per heavy atom. The Bertz CT molecular complexity index is 261. The molecular formula is C14H28N2. The fourth-order valence-electron chi connectivity index (χ4n) is 2.15. The molecule has 0 saturated heterocycles. The number of nitrogens with zero attached hydrogens (tertiary/aromatic N) is 1. The van der Waals surface area contributed by atoms with Crippen LogP contribution < -0.4 is 5.73 Å². The van der Waals surface area contributed by atoms with Gasteiger partial charge in [0.25, 0.3) is 0 Å². The van der Waals surface area contributed by atoms with Crippen LogP contribution in [0.1, 0.15) is 54.9 Å². The van der Waals surface area contributed by atoms with E-state index in [1.54, 1.807) is 6.20 Å². The summed E-state index contributed by atoms with van der Waals surface area (Å²) in [5.74, 6) is 0.490. The van der Waals surface area contributed by atoms with E-state index in [1.165, 1.54) is 11.9 Å². The highest BCUT2D eigenvalue weighted by Crippen LogP contribution is 2.36. The molecule has 0 bridgehead atoms. The molecule has 1 unspecified atom stereocenters. The molecule has 2 N–H and O–H groups in total. The summed E-state index contributed by atoms with van der Waals surface area (Å²) < 4.78 is 0. The van der Waals surface area contributed by atoms with Crippen LogP contribution in [0, 0.1) is 16.7 Å². The minimum Gasteiger partial charge on any atom is -0.403 e. The molecule has 0 aromatic rings. The summed E-state index contributed by atoms with van der Waals surface area (Å²) >= 11 is 0. The number of nitrogens with two attached hydrogens (primary N) is 1. The van der Waals surface area contributed by atoms with Crippen LogP contribution in [0.3, 0.4) is 0 Å². The van der Waals surface area contributed by atoms with Crippen LogP contribution in [0.15, 0.2) is 17.4 Å². The van der Waals surface area contributed by atoms with Gasteiger partial charge in [-0.15, -0.1) is 0 Å². The Labute approximate surface area is 101 Å². The molecule has 0 aliphatic heterocycles. The largest absolute Gasteiger partial charge is 0.403 e. The van der Waals surface area contributed by atoms with Crippen molar-refractivity contribution in [2.75, 3.05) is 0 Å². The van der Waals surface area contributed by atoms with E-state index < -0.39 is 0 Å². The maximum atomic E-state index is 5.38. The van der Waals surface area contributed by atoms with E-state index in [9.17, 15) is 0 Å². The minimum absolute atomic E-state index is 0.0907. The first-order valence-corrected chi connectivity index (χ1v) is 6.09. The molecule has 2 heteroatoms. The zero-order valence-corrected chi connectivity index (χ0v) is 12.0. The highest BCUT2D eigenvalue weighted by Gasteiger charge is 2.33. The zero-order valence-electron chi connectivity index (χ0n) is 12.0. The van der Waals surface area contributed by atoms with Crippen molar-refractivity contribution >= 4 is 5.71 Å². The molecule has 2 nitrogen and oxygen atoms in total. The third-order valence-corrected chi connectivity index (χ3v) is 2.85. The van der Waals surface area contributed by atoms with Crippen LogP contribution in [0.2, 0.25) is 0 Å². The maximum Gasteiger partial charge on any atom is 0.0422 e. The summed E-state index contributed by atoms with van der Waals surface area (Å²) in [5.41, 5.74) is 6.95. The van der Waals surface area contributed by atoms with Gasteiger partial charge < -0.3 is 5.73 Å². The van der Waals surface area contributed by atoms with E-state index in [-0.39, 0.29) is 10.8 Å². The van der Waals surface area contributed by atoms with Crippen LogP contribution in [0.4, 0.5) is 0 Å². The molecule has 0 fully saturated rings. The second-order valence-electron chi connectivity index (χ2n) is 6.43. The predicted molar refractivity (Wildman–Crippen MR) is 73.5 cm³/mol. The lowest BCUT2D eigenvalue weighted by molar-refractivity contribution is 0.289. The van der Waals surface area contributed by atoms with Crippen molar-refractivity contribution in [2.45, 2.75) is 54.9 Å². The minimum atomic E-state index is 0.0907. The van der Waals surface area contributed by atoms with Crippen LogP contribution in [-0.4, -0.2) is 5.71 Å². The maximum absolute atomic E-state index is 5.38. The van der Waals surface area contributed by atoms with Crippen molar-refractivity contribution in [3.05, 3.63) is 12.4 Å². The Balaban J connectivity index is 5.33. The molecule has 0 aliphatic carbocycles. The van der Waals surface area contributed by atoms with Crippen LogP contribution in [0.25, 0.3) is 0 Å². The average molecular weight is 224 g/mol. The molecule has 0 radical (unpaired) electrons. The predicted octanol–water partition coefficient (Wildman–Crippen LogP) is 3.98. The van der Waals surface area contributed by atoms with Crippen molar-refractivity contribution in [1.82, 2.24) is 0 Å². The van der Waals surface area contributed by atoms with E-state index in [1.807, 2.05) is 0 Å². The van der Waals surface area contributed by atoms with E-state index in [0.717, 1.165) is 6.42 Å². The van der Waals surface area contributed by atoms with Crippen molar-refractivity contribution in [1.29, 1.82) is 0 Å². The van der Waals surface area contributed by atoms with Gasteiger partial charge >= 0.3 is 0 Å². The SMILES string of the molecule is CCC(C(=N/C=C\N)C(C)(C)C)C(C)(C)C. The van der Waals surface area contributed by atoms with Gasteiger partial charge in [-0.1, -0.05) is 48.5 Å². The second-order valence-corrected chi connectivity index (χ2v) is 6.43. The number of rotatable bonds is 3. The number of aliphatic imine (C=N–C) groups is 1. The highest BCUT2D eigenvalue weighted by atomic mass is 14.8. The second kappa shape index (κ2) is 5.51. The van der Waals surface area contributed by atoms with Crippen molar-refractivity contribution in [2.24, 2.45) is 27.5 Å². The molecule has 94 valence electrons. The molecule has 0 spiro atoms. The van der Waals surface area contributed by atoms with Gasteiger partial charge in [0.2, 0.25) is 0 Å². The lowest BCUT2D eigenvalue weighted by atomic mass is 9.69. The van der Waals surface area contributed by atoms with Gasteiger partial charge in [-0.2, -0.15) is 0 Å². The van der Waals surface area contributed by atoms with Gasteiger partial charge in [-0.25, -0.2) is 0 Å². The Hall–Kier alpha value is -0.790. The number of hydrogen-bond acceptors (Lipinski definition) is 2. The summed E-state index contributed by atoms with van der Waals surface area (Å²) in [6.07, 6.45) is 4.31. The molecule has 16 heavy (non-hydrogen) atoms. The summed E-state index contributed by atoms with van der Waals surface area (Å²) in [5, 5.41) is 0. The summed E-state index contributed by atoms with van der Waals surface area (Å²) in [4.78, 5) is 4.56. The Morgan fingerprint density at radius 1 is 1.19 bits per heavy atom. The molecule has 0 amide bonds. The quantitative estimate of drug-likeness (QED) is 0.724. The molecule has 0 aliphatic rings. The molecule has 0 saturated carbocycles. The van der Waals surface area contributed by atoms with Crippen LogP contribution >= 0.6 is 0 Å². The van der Waals surface area contributed by atoms with Gasteiger partial charge in [-0.3, -0.25) is 4.99 Å². The monoisotopic (exact) mass is 224 g/mol. The zero-order chi connectivity index (χ0) is 13.0. The van der Waals surface area contributed by atoms with Gasteiger partial charge in [-0.05, 0) is 11.8 Å². The molecular weight excluding hydrogens is 196 g/mol.